The van der Waals surface area contributed by atoms with Crippen molar-refractivity contribution in [1.82, 2.24) is 4.98 Å². The van der Waals surface area contributed by atoms with Crippen LogP contribution in [0.3, 0.4) is 0 Å². The van der Waals surface area contributed by atoms with Gasteiger partial charge in [-0.15, -0.1) is 0 Å². The number of morpholine rings is 1. The Hall–Kier alpha value is -1.81. The van der Waals surface area contributed by atoms with Crippen LogP contribution in [0.25, 0.3) is 22.0 Å². The molecule has 0 unspecified atom stereocenters. The fraction of sp³-hybridized carbons (Fsp3) is 0.211. The number of aromatic nitrogens is 1. The third-order valence-corrected chi connectivity index (χ3v) is 5.16. The summed E-state index contributed by atoms with van der Waals surface area (Å²) in [6.07, 6.45) is 1.86. The molecule has 0 spiro atoms. The molecule has 4 rings (SSSR count). The van der Waals surface area contributed by atoms with Crippen molar-refractivity contribution in [2.45, 2.75) is 0 Å². The normalized spacial score (nSPS) is 15.0. The van der Waals surface area contributed by atoms with Crippen LogP contribution in [0.1, 0.15) is 0 Å². The first kappa shape index (κ1) is 15.7. The number of fused-ring (bicyclic) bond motifs is 1. The van der Waals surface area contributed by atoms with Crippen molar-refractivity contribution in [2.75, 3.05) is 31.2 Å². The zero-order valence-electron chi connectivity index (χ0n) is 13.0. The van der Waals surface area contributed by atoms with Gasteiger partial charge in [-0.1, -0.05) is 53.5 Å². The van der Waals surface area contributed by atoms with Gasteiger partial charge in [0.1, 0.15) is 0 Å². The van der Waals surface area contributed by atoms with Crippen molar-refractivity contribution in [1.29, 1.82) is 0 Å². The Bertz CT molecular complexity index is 892. The quantitative estimate of drug-likeness (QED) is 0.641. The molecule has 2 aromatic carbocycles. The van der Waals surface area contributed by atoms with Gasteiger partial charge in [-0.3, -0.25) is 4.98 Å². The SMILES string of the molecule is Clc1cccc(-c2cccc3c(N4CCOCC4)ccnc23)c1Cl. The van der Waals surface area contributed by atoms with Crippen LogP contribution in [0, 0.1) is 0 Å². The van der Waals surface area contributed by atoms with Gasteiger partial charge in [-0.2, -0.15) is 0 Å². The van der Waals surface area contributed by atoms with E-state index in [-0.39, 0.29) is 0 Å². The fourth-order valence-electron chi connectivity index (χ4n) is 3.17. The van der Waals surface area contributed by atoms with E-state index in [9.17, 15) is 0 Å². The average molecular weight is 359 g/mol. The highest BCUT2D eigenvalue weighted by molar-refractivity contribution is 6.43. The van der Waals surface area contributed by atoms with E-state index < -0.39 is 0 Å². The van der Waals surface area contributed by atoms with E-state index in [1.54, 1.807) is 6.07 Å². The molecule has 5 heteroatoms. The number of pyridine rings is 1. The lowest BCUT2D eigenvalue weighted by molar-refractivity contribution is 0.123. The molecule has 0 N–H and O–H groups in total. The summed E-state index contributed by atoms with van der Waals surface area (Å²) >= 11 is 12.6. The monoisotopic (exact) mass is 358 g/mol. The summed E-state index contributed by atoms with van der Waals surface area (Å²) in [5.74, 6) is 0. The number of para-hydroxylation sites is 1. The smallest absolute Gasteiger partial charge is 0.0801 e. The number of hydrogen-bond donors (Lipinski definition) is 0. The first-order chi connectivity index (χ1) is 11.8. The third kappa shape index (κ3) is 2.73. The molecule has 1 aromatic heterocycles. The Kier molecular flexibility index (Phi) is 4.31. The van der Waals surface area contributed by atoms with Gasteiger partial charge in [-0.25, -0.2) is 0 Å². The first-order valence-corrected chi connectivity index (χ1v) is 8.66. The van der Waals surface area contributed by atoms with Gasteiger partial charge in [0.25, 0.3) is 0 Å². The Balaban J connectivity index is 1.91. The van der Waals surface area contributed by atoms with Gasteiger partial charge in [0, 0.05) is 41.5 Å². The average Bonchev–Trinajstić information content (AvgIpc) is 2.64. The summed E-state index contributed by atoms with van der Waals surface area (Å²) in [4.78, 5) is 6.97. The van der Waals surface area contributed by atoms with Crippen LogP contribution in [0.2, 0.25) is 10.0 Å². The number of hydrogen-bond acceptors (Lipinski definition) is 3. The summed E-state index contributed by atoms with van der Waals surface area (Å²) in [6, 6.07) is 13.9. The second-order valence-corrected chi connectivity index (χ2v) is 6.52. The van der Waals surface area contributed by atoms with Crippen LogP contribution in [0.5, 0.6) is 0 Å². The summed E-state index contributed by atoms with van der Waals surface area (Å²) in [7, 11) is 0. The van der Waals surface area contributed by atoms with E-state index in [0.717, 1.165) is 48.3 Å². The van der Waals surface area contributed by atoms with Crippen molar-refractivity contribution >= 4 is 39.8 Å². The maximum Gasteiger partial charge on any atom is 0.0801 e. The Morgan fingerprint density at radius 3 is 2.50 bits per heavy atom. The molecular weight excluding hydrogens is 343 g/mol. The Morgan fingerprint density at radius 2 is 1.67 bits per heavy atom. The van der Waals surface area contributed by atoms with Gasteiger partial charge in [-0.05, 0) is 12.1 Å². The Labute approximate surface area is 150 Å². The second-order valence-electron chi connectivity index (χ2n) is 5.73. The largest absolute Gasteiger partial charge is 0.378 e. The minimum atomic E-state index is 0.551. The van der Waals surface area contributed by atoms with E-state index >= 15 is 0 Å². The molecule has 0 saturated carbocycles. The number of ether oxygens (including phenoxy) is 1. The lowest BCUT2D eigenvalue weighted by Gasteiger charge is -2.29. The molecule has 0 aliphatic carbocycles. The molecule has 0 atom stereocenters. The first-order valence-electron chi connectivity index (χ1n) is 7.90. The van der Waals surface area contributed by atoms with Crippen molar-refractivity contribution < 1.29 is 4.74 Å². The molecule has 1 aliphatic heterocycles. The third-order valence-electron chi connectivity index (χ3n) is 4.34. The van der Waals surface area contributed by atoms with E-state index in [4.69, 9.17) is 27.9 Å². The number of rotatable bonds is 2. The predicted molar refractivity (Wildman–Crippen MR) is 100 cm³/mol. The van der Waals surface area contributed by atoms with Crippen LogP contribution in [0.15, 0.2) is 48.7 Å². The highest BCUT2D eigenvalue weighted by atomic mass is 35.5. The van der Waals surface area contributed by atoms with Gasteiger partial charge < -0.3 is 9.64 Å². The summed E-state index contributed by atoms with van der Waals surface area (Å²) < 4.78 is 5.47. The lowest BCUT2D eigenvalue weighted by atomic mass is 10.0. The molecule has 1 saturated heterocycles. The molecule has 3 aromatic rings. The van der Waals surface area contributed by atoms with Crippen LogP contribution in [-0.4, -0.2) is 31.3 Å². The zero-order chi connectivity index (χ0) is 16.5. The molecule has 2 heterocycles. The molecule has 1 fully saturated rings. The number of halogens is 2. The summed E-state index contributed by atoms with van der Waals surface area (Å²) in [6.45, 7) is 3.29. The van der Waals surface area contributed by atoms with E-state index in [2.05, 4.69) is 22.0 Å². The van der Waals surface area contributed by atoms with Crippen LogP contribution >= 0.6 is 23.2 Å². The van der Waals surface area contributed by atoms with Crippen molar-refractivity contribution in [3.8, 4) is 11.1 Å². The van der Waals surface area contributed by atoms with Gasteiger partial charge in [0.15, 0.2) is 0 Å². The summed E-state index contributed by atoms with van der Waals surface area (Å²) in [5.41, 5.74) is 4.02. The topological polar surface area (TPSA) is 25.4 Å². The Morgan fingerprint density at radius 1 is 0.917 bits per heavy atom. The van der Waals surface area contributed by atoms with Crippen LogP contribution in [-0.2, 0) is 4.74 Å². The van der Waals surface area contributed by atoms with E-state index in [0.29, 0.717) is 10.0 Å². The van der Waals surface area contributed by atoms with Crippen LogP contribution < -0.4 is 4.90 Å². The van der Waals surface area contributed by atoms with Gasteiger partial charge in [0.05, 0.1) is 28.8 Å². The number of anilines is 1. The summed E-state index contributed by atoms with van der Waals surface area (Å²) in [5, 5.41) is 2.23. The number of benzene rings is 2. The molecular formula is C19H16Cl2N2O. The maximum absolute atomic E-state index is 6.43. The maximum atomic E-state index is 6.43. The van der Waals surface area contributed by atoms with Crippen molar-refractivity contribution in [3.63, 3.8) is 0 Å². The molecule has 3 nitrogen and oxygen atoms in total. The zero-order valence-corrected chi connectivity index (χ0v) is 14.5. The molecule has 1 aliphatic rings. The minimum Gasteiger partial charge on any atom is -0.378 e. The van der Waals surface area contributed by atoms with Crippen LogP contribution in [0.4, 0.5) is 5.69 Å². The molecule has 24 heavy (non-hydrogen) atoms. The minimum absolute atomic E-state index is 0.551. The standard InChI is InChI=1S/C19H16Cl2N2O/c20-16-6-2-3-13(18(16)21)14-4-1-5-15-17(7-8-22-19(14)15)23-9-11-24-12-10-23/h1-8H,9-12H2. The highest BCUT2D eigenvalue weighted by Crippen LogP contribution is 2.38. The fourth-order valence-corrected chi connectivity index (χ4v) is 3.57. The molecule has 0 bridgehead atoms. The number of nitrogens with zero attached hydrogens (tertiary/aromatic N) is 2. The van der Waals surface area contributed by atoms with Crippen molar-refractivity contribution in [2.24, 2.45) is 0 Å². The lowest BCUT2D eigenvalue weighted by Crippen LogP contribution is -2.36. The highest BCUT2D eigenvalue weighted by Gasteiger charge is 2.17. The molecule has 122 valence electrons. The van der Waals surface area contributed by atoms with Crippen molar-refractivity contribution in [3.05, 3.63) is 58.7 Å². The predicted octanol–water partition coefficient (Wildman–Crippen LogP) is 5.05. The second kappa shape index (κ2) is 6.60. The van der Waals surface area contributed by atoms with Gasteiger partial charge in [0.2, 0.25) is 0 Å². The molecule has 0 amide bonds. The van der Waals surface area contributed by atoms with E-state index in [1.165, 1.54) is 5.69 Å². The van der Waals surface area contributed by atoms with Gasteiger partial charge >= 0.3 is 0 Å². The molecule has 0 radical (unpaired) electrons. The van der Waals surface area contributed by atoms with E-state index in [1.807, 2.05) is 30.5 Å².